The van der Waals surface area contributed by atoms with Crippen molar-refractivity contribution in [1.29, 1.82) is 0 Å². The lowest BCUT2D eigenvalue weighted by Crippen LogP contribution is -2.58. The van der Waals surface area contributed by atoms with E-state index in [2.05, 4.69) is 15.6 Å². The molecule has 1 aromatic heterocycles. The number of carboxylic acid groups (broad SMARTS) is 1. The number of hydrogen-bond acceptors (Lipinski definition) is 5. The van der Waals surface area contributed by atoms with E-state index in [9.17, 15) is 24.3 Å². The van der Waals surface area contributed by atoms with Gasteiger partial charge < -0.3 is 31.4 Å². The standard InChI is InChI=1S/C31H39N5O5/c1-3-19(2)27(29(38)34-25(31(40)41)17-21-18-33-24-13-8-7-12-22(21)24)35-28(37)26-14-9-15-36(26)30(39)23(32)16-20-10-5-4-6-11-20/h4-8,10-13,18-19,23,25-27,33H,3,9,14-17,32H2,1-2H3,(H,34,38)(H,35,37)(H,40,41). The van der Waals surface area contributed by atoms with Crippen molar-refractivity contribution in [1.82, 2.24) is 20.5 Å². The topological polar surface area (TPSA) is 158 Å². The molecule has 0 radical (unpaired) electrons. The number of fused-ring (bicyclic) bond motifs is 1. The number of nitrogens with one attached hydrogen (secondary N) is 3. The summed E-state index contributed by atoms with van der Waals surface area (Å²) in [7, 11) is 0. The quantitative estimate of drug-likeness (QED) is 0.228. The Balaban J connectivity index is 1.43. The molecule has 10 heteroatoms. The van der Waals surface area contributed by atoms with Gasteiger partial charge in [-0.2, -0.15) is 0 Å². The van der Waals surface area contributed by atoms with Crippen LogP contribution in [0.1, 0.15) is 44.2 Å². The normalized spacial score (nSPS) is 17.9. The average Bonchev–Trinajstić information content (AvgIpc) is 3.63. The first kappa shape index (κ1) is 29.8. The highest BCUT2D eigenvalue weighted by atomic mass is 16.4. The number of H-pyrrole nitrogens is 1. The SMILES string of the molecule is CCC(C)C(NC(=O)C1CCCN1C(=O)C(N)Cc1ccccc1)C(=O)NC(Cc1c[nH]c2ccccc12)C(=O)O. The van der Waals surface area contributed by atoms with E-state index >= 15 is 0 Å². The molecular formula is C31H39N5O5. The number of carboxylic acids is 1. The highest BCUT2D eigenvalue weighted by molar-refractivity contribution is 5.95. The van der Waals surface area contributed by atoms with Crippen LogP contribution < -0.4 is 16.4 Å². The summed E-state index contributed by atoms with van der Waals surface area (Å²) >= 11 is 0. The molecule has 0 aliphatic carbocycles. The zero-order valence-corrected chi connectivity index (χ0v) is 23.5. The molecule has 3 amide bonds. The van der Waals surface area contributed by atoms with E-state index in [1.807, 2.05) is 68.4 Å². The first-order valence-electron chi connectivity index (χ1n) is 14.2. The smallest absolute Gasteiger partial charge is 0.326 e. The van der Waals surface area contributed by atoms with E-state index in [0.29, 0.717) is 32.2 Å². The Morgan fingerprint density at radius 1 is 1.05 bits per heavy atom. The van der Waals surface area contributed by atoms with E-state index in [0.717, 1.165) is 22.0 Å². The van der Waals surface area contributed by atoms with E-state index in [-0.39, 0.29) is 18.2 Å². The van der Waals surface area contributed by atoms with Crippen molar-refractivity contribution in [2.24, 2.45) is 11.7 Å². The molecule has 0 saturated carbocycles. The molecule has 10 nitrogen and oxygen atoms in total. The van der Waals surface area contributed by atoms with Crippen LogP contribution in [-0.4, -0.2) is 69.4 Å². The summed E-state index contributed by atoms with van der Waals surface area (Å²) in [5, 5.41) is 16.3. The summed E-state index contributed by atoms with van der Waals surface area (Å²) in [5.41, 5.74) is 8.82. The predicted molar refractivity (Wildman–Crippen MR) is 156 cm³/mol. The van der Waals surface area contributed by atoms with Gasteiger partial charge >= 0.3 is 5.97 Å². The van der Waals surface area contributed by atoms with Crippen molar-refractivity contribution in [2.45, 2.75) is 70.1 Å². The third-order valence-electron chi connectivity index (χ3n) is 7.96. The maximum atomic E-state index is 13.5. The maximum absolute atomic E-state index is 13.5. The van der Waals surface area contributed by atoms with Gasteiger partial charge in [0.2, 0.25) is 17.7 Å². The molecule has 6 N–H and O–H groups in total. The van der Waals surface area contributed by atoms with Gasteiger partial charge in [-0.05, 0) is 42.4 Å². The largest absolute Gasteiger partial charge is 0.480 e. The van der Waals surface area contributed by atoms with Gasteiger partial charge in [0.1, 0.15) is 18.1 Å². The summed E-state index contributed by atoms with van der Waals surface area (Å²) in [5.74, 6) is -2.76. The van der Waals surface area contributed by atoms with Gasteiger partial charge in [0.05, 0.1) is 6.04 Å². The molecule has 2 heterocycles. The van der Waals surface area contributed by atoms with Crippen molar-refractivity contribution in [3.05, 3.63) is 71.9 Å². The zero-order chi connectivity index (χ0) is 29.5. The molecule has 5 unspecified atom stereocenters. The lowest BCUT2D eigenvalue weighted by atomic mass is 9.96. The summed E-state index contributed by atoms with van der Waals surface area (Å²) in [6, 6.07) is 13.3. The van der Waals surface area contributed by atoms with E-state index in [1.54, 1.807) is 6.20 Å². The number of aromatic amines is 1. The number of nitrogens with zero attached hydrogens (tertiary/aromatic N) is 1. The maximum Gasteiger partial charge on any atom is 0.326 e. The molecule has 3 aromatic rings. The van der Waals surface area contributed by atoms with Crippen molar-refractivity contribution in [3.63, 3.8) is 0 Å². The van der Waals surface area contributed by atoms with Crippen LogP contribution in [0, 0.1) is 5.92 Å². The van der Waals surface area contributed by atoms with Gasteiger partial charge in [-0.25, -0.2) is 4.79 Å². The lowest BCUT2D eigenvalue weighted by molar-refractivity contribution is -0.143. The number of hydrogen-bond donors (Lipinski definition) is 5. The minimum Gasteiger partial charge on any atom is -0.480 e. The summed E-state index contributed by atoms with van der Waals surface area (Å²) in [4.78, 5) is 56.9. The van der Waals surface area contributed by atoms with Gasteiger partial charge in [-0.3, -0.25) is 14.4 Å². The minimum absolute atomic E-state index is 0.0798. The molecule has 218 valence electrons. The van der Waals surface area contributed by atoms with Crippen molar-refractivity contribution in [2.75, 3.05) is 6.54 Å². The Labute approximate surface area is 239 Å². The highest BCUT2D eigenvalue weighted by Gasteiger charge is 2.39. The molecule has 0 bridgehead atoms. The van der Waals surface area contributed by atoms with Gasteiger partial charge in [0.15, 0.2) is 0 Å². The molecule has 41 heavy (non-hydrogen) atoms. The van der Waals surface area contributed by atoms with E-state index in [1.165, 1.54) is 4.90 Å². The molecule has 2 aromatic carbocycles. The van der Waals surface area contributed by atoms with Crippen LogP contribution in [0.15, 0.2) is 60.8 Å². The monoisotopic (exact) mass is 561 g/mol. The molecule has 1 fully saturated rings. The average molecular weight is 562 g/mol. The fraction of sp³-hybridized carbons (Fsp3) is 0.419. The Kier molecular flexibility index (Phi) is 9.78. The Hall–Kier alpha value is -4.18. The number of carbonyl (C=O) groups excluding carboxylic acids is 3. The first-order chi connectivity index (χ1) is 19.7. The van der Waals surface area contributed by atoms with Crippen molar-refractivity contribution < 1.29 is 24.3 Å². The van der Waals surface area contributed by atoms with Gasteiger partial charge in [0, 0.05) is 30.1 Å². The van der Waals surface area contributed by atoms with Crippen molar-refractivity contribution >= 4 is 34.6 Å². The number of benzene rings is 2. The number of likely N-dealkylation sites (tertiary alicyclic amines) is 1. The molecule has 4 rings (SSSR count). The number of nitrogens with two attached hydrogens (primary N) is 1. The third kappa shape index (κ3) is 7.13. The number of para-hydroxylation sites is 1. The third-order valence-corrected chi connectivity index (χ3v) is 7.96. The molecule has 1 saturated heterocycles. The number of aliphatic carboxylic acids is 1. The molecule has 5 atom stereocenters. The highest BCUT2D eigenvalue weighted by Crippen LogP contribution is 2.22. The van der Waals surface area contributed by atoms with Crippen LogP contribution in [0.5, 0.6) is 0 Å². The summed E-state index contributed by atoms with van der Waals surface area (Å²) < 4.78 is 0. The number of aromatic nitrogens is 1. The Morgan fingerprint density at radius 2 is 1.76 bits per heavy atom. The van der Waals surface area contributed by atoms with E-state index in [4.69, 9.17) is 5.73 Å². The van der Waals surface area contributed by atoms with Gasteiger partial charge in [0.25, 0.3) is 0 Å². The first-order valence-corrected chi connectivity index (χ1v) is 14.2. The second kappa shape index (κ2) is 13.5. The number of rotatable bonds is 12. The Bertz CT molecular complexity index is 1370. The number of carbonyl (C=O) groups is 4. The molecule has 0 spiro atoms. The van der Waals surface area contributed by atoms with Crippen LogP contribution in [0.3, 0.4) is 0 Å². The second-order valence-corrected chi connectivity index (χ2v) is 10.8. The van der Waals surface area contributed by atoms with Gasteiger partial charge in [-0.1, -0.05) is 68.8 Å². The summed E-state index contributed by atoms with van der Waals surface area (Å²) in [6.07, 6.45) is 3.87. The van der Waals surface area contributed by atoms with E-state index < -0.39 is 42.0 Å². The van der Waals surface area contributed by atoms with Crippen LogP contribution in [0.4, 0.5) is 0 Å². The summed E-state index contributed by atoms with van der Waals surface area (Å²) in [6.45, 7) is 4.13. The van der Waals surface area contributed by atoms with Crippen LogP contribution in [0.25, 0.3) is 10.9 Å². The molecule has 1 aliphatic heterocycles. The zero-order valence-electron chi connectivity index (χ0n) is 23.5. The molecular weight excluding hydrogens is 522 g/mol. The van der Waals surface area contributed by atoms with Crippen molar-refractivity contribution in [3.8, 4) is 0 Å². The number of amides is 3. The Morgan fingerprint density at radius 3 is 2.46 bits per heavy atom. The fourth-order valence-corrected chi connectivity index (χ4v) is 5.40. The predicted octanol–water partition coefficient (Wildman–Crippen LogP) is 2.37. The minimum atomic E-state index is -1.19. The second-order valence-electron chi connectivity index (χ2n) is 10.8. The van der Waals surface area contributed by atoms with Crippen LogP contribution >= 0.6 is 0 Å². The lowest BCUT2D eigenvalue weighted by Gasteiger charge is -2.30. The fourth-order valence-electron chi connectivity index (χ4n) is 5.40. The van der Waals surface area contributed by atoms with Gasteiger partial charge in [-0.15, -0.1) is 0 Å². The van der Waals surface area contributed by atoms with Crippen LogP contribution in [0.2, 0.25) is 0 Å². The molecule has 1 aliphatic rings. The van der Waals surface area contributed by atoms with Crippen LogP contribution in [-0.2, 0) is 32.0 Å².